The van der Waals surface area contributed by atoms with Gasteiger partial charge in [0.1, 0.15) is 10.7 Å². The minimum absolute atomic E-state index is 0. The molecule has 0 aliphatic carbocycles. The largest absolute Gasteiger partial charge is 0.314 e. The number of hydrogen-bond acceptors (Lipinski definition) is 3. The van der Waals surface area contributed by atoms with Crippen LogP contribution in [-0.2, 0) is 10.0 Å². The summed E-state index contributed by atoms with van der Waals surface area (Å²) in [6, 6.07) is 3.65. The molecule has 0 aromatic heterocycles. The van der Waals surface area contributed by atoms with Crippen molar-refractivity contribution in [2.24, 2.45) is 0 Å². The maximum Gasteiger partial charge on any atom is 0.247 e. The van der Waals surface area contributed by atoms with E-state index in [1.807, 2.05) is 0 Å². The lowest BCUT2D eigenvalue weighted by Gasteiger charge is -2.33. The van der Waals surface area contributed by atoms with Gasteiger partial charge in [0.25, 0.3) is 0 Å². The molecular weight excluding hydrogens is 314 g/mol. The molecule has 1 aromatic rings. The zero-order chi connectivity index (χ0) is 13.3. The van der Waals surface area contributed by atoms with Gasteiger partial charge in [-0.2, -0.15) is 4.31 Å². The second-order valence-corrected chi connectivity index (χ2v) is 6.45. The van der Waals surface area contributed by atoms with Crippen LogP contribution in [-0.4, -0.2) is 38.4 Å². The van der Waals surface area contributed by atoms with Crippen LogP contribution in [0.3, 0.4) is 0 Å². The molecule has 0 saturated carbocycles. The number of nitrogens with zero attached hydrogens (tertiary/aromatic N) is 1. The van der Waals surface area contributed by atoms with Gasteiger partial charge in [0.15, 0.2) is 0 Å². The Morgan fingerprint density at radius 2 is 2.16 bits per heavy atom. The van der Waals surface area contributed by atoms with Crippen LogP contribution in [0, 0.1) is 5.82 Å². The lowest BCUT2D eigenvalue weighted by atomic mass is 10.3. The molecule has 19 heavy (non-hydrogen) atoms. The van der Waals surface area contributed by atoms with Crippen molar-refractivity contribution in [3.8, 4) is 0 Å². The molecular formula is C11H15Cl2FN2O2S. The van der Waals surface area contributed by atoms with E-state index in [9.17, 15) is 12.8 Å². The predicted molar refractivity (Wildman–Crippen MR) is 74.9 cm³/mol. The van der Waals surface area contributed by atoms with E-state index in [1.165, 1.54) is 16.4 Å². The summed E-state index contributed by atoms with van der Waals surface area (Å²) in [4.78, 5) is -0.430. The fourth-order valence-electron chi connectivity index (χ4n) is 2.03. The van der Waals surface area contributed by atoms with Crippen LogP contribution >= 0.6 is 24.0 Å². The minimum Gasteiger partial charge on any atom is -0.314 e. The molecule has 1 unspecified atom stereocenters. The van der Waals surface area contributed by atoms with Gasteiger partial charge in [-0.15, -0.1) is 12.4 Å². The van der Waals surface area contributed by atoms with Crippen LogP contribution in [0.2, 0.25) is 5.02 Å². The molecule has 108 valence electrons. The quantitative estimate of drug-likeness (QED) is 0.901. The van der Waals surface area contributed by atoms with Gasteiger partial charge < -0.3 is 5.32 Å². The van der Waals surface area contributed by atoms with Gasteiger partial charge in [-0.05, 0) is 19.1 Å². The molecule has 1 aliphatic heterocycles. The summed E-state index contributed by atoms with van der Waals surface area (Å²) in [6.45, 7) is 3.19. The van der Waals surface area contributed by atoms with E-state index < -0.39 is 20.7 Å². The lowest BCUT2D eigenvalue weighted by molar-refractivity contribution is 0.283. The predicted octanol–water partition coefficient (Wildman–Crippen LogP) is 1.88. The van der Waals surface area contributed by atoms with Gasteiger partial charge in [0, 0.05) is 25.7 Å². The maximum atomic E-state index is 13.7. The van der Waals surface area contributed by atoms with Crippen molar-refractivity contribution in [3.63, 3.8) is 0 Å². The lowest BCUT2D eigenvalue weighted by Crippen LogP contribution is -2.52. The first kappa shape index (κ1) is 16.7. The van der Waals surface area contributed by atoms with E-state index in [4.69, 9.17) is 11.6 Å². The van der Waals surface area contributed by atoms with Crippen molar-refractivity contribution in [2.45, 2.75) is 17.9 Å². The van der Waals surface area contributed by atoms with Gasteiger partial charge >= 0.3 is 0 Å². The monoisotopic (exact) mass is 328 g/mol. The first-order valence-electron chi connectivity index (χ1n) is 5.61. The zero-order valence-electron chi connectivity index (χ0n) is 10.3. The Morgan fingerprint density at radius 1 is 1.47 bits per heavy atom. The smallest absolute Gasteiger partial charge is 0.247 e. The number of halogens is 3. The molecule has 1 N–H and O–H groups in total. The molecule has 1 aromatic carbocycles. The molecule has 8 heteroatoms. The number of rotatable bonds is 2. The highest BCUT2D eigenvalue weighted by Gasteiger charge is 2.34. The third-order valence-electron chi connectivity index (χ3n) is 2.93. The summed E-state index contributed by atoms with van der Waals surface area (Å²) >= 11 is 5.82. The van der Waals surface area contributed by atoms with Crippen molar-refractivity contribution >= 4 is 34.0 Å². The summed E-state index contributed by atoms with van der Waals surface area (Å²) in [7, 11) is -3.89. The summed E-state index contributed by atoms with van der Waals surface area (Å²) < 4.78 is 39.8. The Bertz CT molecular complexity index is 533. The van der Waals surface area contributed by atoms with Crippen LogP contribution in [0.15, 0.2) is 23.1 Å². The summed E-state index contributed by atoms with van der Waals surface area (Å²) in [6.07, 6.45) is 0. The Morgan fingerprint density at radius 3 is 2.74 bits per heavy atom. The molecule has 0 amide bonds. The highest BCUT2D eigenvalue weighted by atomic mass is 35.5. The van der Waals surface area contributed by atoms with Crippen LogP contribution in [0.4, 0.5) is 4.39 Å². The van der Waals surface area contributed by atoms with E-state index in [0.29, 0.717) is 19.6 Å². The van der Waals surface area contributed by atoms with E-state index in [0.717, 1.165) is 6.07 Å². The summed E-state index contributed by atoms with van der Waals surface area (Å²) in [5.74, 6) is -0.812. The van der Waals surface area contributed by atoms with Crippen molar-refractivity contribution in [1.82, 2.24) is 9.62 Å². The first-order chi connectivity index (χ1) is 8.44. The van der Waals surface area contributed by atoms with E-state index in [2.05, 4.69) is 5.32 Å². The Hall–Kier alpha value is -0.400. The van der Waals surface area contributed by atoms with Gasteiger partial charge in [-0.25, -0.2) is 12.8 Å². The number of sulfonamides is 1. The van der Waals surface area contributed by atoms with E-state index in [-0.39, 0.29) is 23.5 Å². The standard InChI is InChI=1S/C11H14ClFN2O2S.ClH/c1-8-7-14-5-6-15(8)18(16,17)11-9(12)3-2-4-10(11)13;/h2-4,8,14H,5-7H2,1H3;1H. The average molecular weight is 329 g/mol. The highest BCUT2D eigenvalue weighted by molar-refractivity contribution is 7.89. The Labute approximate surface area is 123 Å². The second-order valence-electron chi connectivity index (χ2n) is 4.22. The SMILES string of the molecule is CC1CNCCN1S(=O)(=O)c1c(F)cccc1Cl.Cl. The summed E-state index contributed by atoms with van der Waals surface area (Å²) in [5.41, 5.74) is 0. The highest BCUT2D eigenvalue weighted by Crippen LogP contribution is 2.28. The molecule has 0 radical (unpaired) electrons. The molecule has 1 saturated heterocycles. The van der Waals surface area contributed by atoms with Crippen LogP contribution in [0.1, 0.15) is 6.92 Å². The van der Waals surface area contributed by atoms with Crippen LogP contribution < -0.4 is 5.32 Å². The van der Waals surface area contributed by atoms with E-state index >= 15 is 0 Å². The maximum absolute atomic E-state index is 13.7. The van der Waals surface area contributed by atoms with Crippen molar-refractivity contribution in [2.75, 3.05) is 19.6 Å². The Balaban J connectivity index is 0.00000180. The molecule has 1 aliphatic rings. The molecule has 1 fully saturated rings. The normalized spacial score (nSPS) is 20.9. The van der Waals surface area contributed by atoms with Gasteiger partial charge in [0.05, 0.1) is 5.02 Å². The molecule has 0 bridgehead atoms. The number of hydrogen-bond donors (Lipinski definition) is 1. The van der Waals surface area contributed by atoms with Crippen LogP contribution in [0.25, 0.3) is 0 Å². The molecule has 1 heterocycles. The summed E-state index contributed by atoms with van der Waals surface area (Å²) in [5, 5.41) is 3.00. The van der Waals surface area contributed by atoms with Gasteiger partial charge in [-0.1, -0.05) is 17.7 Å². The number of nitrogens with one attached hydrogen (secondary N) is 1. The number of piperazine rings is 1. The fraction of sp³-hybridized carbons (Fsp3) is 0.455. The van der Waals surface area contributed by atoms with Crippen molar-refractivity contribution < 1.29 is 12.8 Å². The molecule has 2 rings (SSSR count). The van der Waals surface area contributed by atoms with E-state index in [1.54, 1.807) is 6.92 Å². The van der Waals surface area contributed by atoms with Gasteiger partial charge in [0.2, 0.25) is 10.0 Å². The topological polar surface area (TPSA) is 49.4 Å². The third-order valence-corrected chi connectivity index (χ3v) is 5.44. The third kappa shape index (κ3) is 3.20. The zero-order valence-corrected chi connectivity index (χ0v) is 12.7. The minimum atomic E-state index is -3.89. The van der Waals surface area contributed by atoms with Crippen molar-refractivity contribution in [3.05, 3.63) is 29.0 Å². The first-order valence-corrected chi connectivity index (χ1v) is 7.43. The second kappa shape index (κ2) is 6.37. The fourth-order valence-corrected chi connectivity index (χ4v) is 4.22. The van der Waals surface area contributed by atoms with Crippen molar-refractivity contribution in [1.29, 1.82) is 0 Å². The molecule has 0 spiro atoms. The molecule has 4 nitrogen and oxygen atoms in total. The van der Waals surface area contributed by atoms with Crippen LogP contribution in [0.5, 0.6) is 0 Å². The number of benzene rings is 1. The molecule has 1 atom stereocenters. The van der Waals surface area contributed by atoms with Gasteiger partial charge in [-0.3, -0.25) is 0 Å². The Kier molecular flexibility index (Phi) is 5.58. The average Bonchev–Trinajstić information content (AvgIpc) is 2.28.